The number of phenolic OH excluding ortho intramolecular Hbond substituents is 1. The average Bonchev–Trinajstić information content (AvgIpc) is 3.19. The van der Waals surface area contributed by atoms with Gasteiger partial charge < -0.3 is 24.0 Å². The van der Waals surface area contributed by atoms with Gasteiger partial charge in [0.1, 0.15) is 11.5 Å². The number of aromatic nitrogens is 1. The van der Waals surface area contributed by atoms with Gasteiger partial charge in [-0.05, 0) is 85.7 Å². The molecule has 3 aromatic rings. The first-order valence-electron chi connectivity index (χ1n) is 10.5. The molecular weight excluding hydrogens is 462 g/mol. The summed E-state index contributed by atoms with van der Waals surface area (Å²) < 4.78 is 17.7. The number of nitrogens with one attached hydrogen (secondary N) is 2. The standard InChI is InChI=1S/C23H27N3O3S3/c1-15-22(31-23(24-15)26-30-14-16-9-11-29-12-10-16)17-3-8-20(28-2)21(13-17)32-25-18-4-6-19(27)7-5-18/h3-8,13,16,25,27H,9-12,14H2,1-2H3,(H,24,26). The van der Waals surface area contributed by atoms with E-state index in [0.717, 1.165) is 69.4 Å². The lowest BCUT2D eigenvalue weighted by Gasteiger charge is -2.21. The number of methoxy groups -OCH3 is 1. The number of anilines is 2. The van der Waals surface area contributed by atoms with Crippen molar-refractivity contribution < 1.29 is 14.6 Å². The van der Waals surface area contributed by atoms with Gasteiger partial charge in [-0.2, -0.15) is 0 Å². The summed E-state index contributed by atoms with van der Waals surface area (Å²) >= 11 is 4.89. The van der Waals surface area contributed by atoms with E-state index >= 15 is 0 Å². The van der Waals surface area contributed by atoms with E-state index in [9.17, 15) is 5.11 Å². The summed E-state index contributed by atoms with van der Waals surface area (Å²) in [6.45, 7) is 3.81. The lowest BCUT2D eigenvalue weighted by atomic mass is 10.0. The Bertz CT molecular complexity index is 1020. The van der Waals surface area contributed by atoms with E-state index in [1.54, 1.807) is 42.5 Å². The highest BCUT2D eigenvalue weighted by molar-refractivity contribution is 8.01. The molecule has 0 spiro atoms. The summed E-state index contributed by atoms with van der Waals surface area (Å²) in [5.41, 5.74) is 3.03. The van der Waals surface area contributed by atoms with Crippen LogP contribution in [-0.2, 0) is 4.74 Å². The van der Waals surface area contributed by atoms with E-state index < -0.39 is 0 Å². The number of hydrogen-bond acceptors (Lipinski definition) is 9. The first kappa shape index (κ1) is 23.1. The topological polar surface area (TPSA) is 75.6 Å². The molecule has 0 aliphatic carbocycles. The molecular formula is C23H27N3O3S3. The average molecular weight is 490 g/mol. The van der Waals surface area contributed by atoms with Crippen LogP contribution in [0.5, 0.6) is 11.5 Å². The van der Waals surface area contributed by atoms with Gasteiger partial charge in [0.15, 0.2) is 5.13 Å². The number of aryl methyl sites for hydroxylation is 1. The maximum Gasteiger partial charge on any atom is 0.193 e. The summed E-state index contributed by atoms with van der Waals surface area (Å²) in [7, 11) is 1.68. The first-order chi connectivity index (χ1) is 15.6. The van der Waals surface area contributed by atoms with Crippen molar-refractivity contribution in [3.8, 4) is 21.9 Å². The van der Waals surface area contributed by atoms with Gasteiger partial charge in [0.05, 0.1) is 22.6 Å². The fourth-order valence-corrected chi connectivity index (χ4v) is 6.16. The zero-order valence-corrected chi connectivity index (χ0v) is 20.5. The molecule has 1 saturated heterocycles. The number of aromatic hydroxyl groups is 1. The Morgan fingerprint density at radius 2 is 1.94 bits per heavy atom. The predicted octanol–water partition coefficient (Wildman–Crippen LogP) is 6.44. The number of hydrogen-bond donors (Lipinski definition) is 3. The van der Waals surface area contributed by atoms with Gasteiger partial charge in [0.25, 0.3) is 0 Å². The van der Waals surface area contributed by atoms with Crippen LogP contribution >= 0.6 is 35.2 Å². The Morgan fingerprint density at radius 1 is 1.16 bits per heavy atom. The van der Waals surface area contributed by atoms with Crippen molar-refractivity contribution >= 4 is 46.1 Å². The molecule has 1 aliphatic heterocycles. The van der Waals surface area contributed by atoms with Gasteiger partial charge in [0, 0.05) is 24.7 Å². The van der Waals surface area contributed by atoms with Crippen LogP contribution in [0.25, 0.3) is 10.4 Å². The minimum Gasteiger partial charge on any atom is -0.508 e. The number of phenols is 1. The zero-order valence-electron chi connectivity index (χ0n) is 18.1. The van der Waals surface area contributed by atoms with E-state index in [0.29, 0.717) is 5.92 Å². The Labute approximate surface area is 201 Å². The lowest BCUT2D eigenvalue weighted by molar-refractivity contribution is 0.0728. The summed E-state index contributed by atoms with van der Waals surface area (Å²) in [6, 6.07) is 13.2. The highest BCUT2D eigenvalue weighted by Crippen LogP contribution is 2.39. The van der Waals surface area contributed by atoms with Gasteiger partial charge >= 0.3 is 0 Å². The summed E-state index contributed by atoms with van der Waals surface area (Å²) in [5.74, 6) is 2.83. The van der Waals surface area contributed by atoms with Crippen molar-refractivity contribution in [2.24, 2.45) is 5.92 Å². The number of benzene rings is 2. The predicted molar refractivity (Wildman–Crippen MR) is 136 cm³/mol. The third kappa shape index (κ3) is 6.04. The highest BCUT2D eigenvalue weighted by Gasteiger charge is 2.16. The monoisotopic (exact) mass is 489 g/mol. The van der Waals surface area contributed by atoms with Crippen LogP contribution in [0.1, 0.15) is 18.5 Å². The summed E-state index contributed by atoms with van der Waals surface area (Å²) in [5, 5.41) is 10.4. The third-order valence-corrected chi connectivity index (χ3v) is 8.29. The number of ether oxygens (including phenoxy) is 2. The third-order valence-electron chi connectivity index (χ3n) is 5.19. The maximum atomic E-state index is 9.46. The molecule has 6 nitrogen and oxygen atoms in total. The first-order valence-corrected chi connectivity index (χ1v) is 13.1. The molecule has 2 heterocycles. The SMILES string of the molecule is COc1ccc(-c2sc(NSCC3CCOCC3)nc2C)cc1SNc1ccc(O)cc1. The molecule has 0 bridgehead atoms. The van der Waals surface area contributed by atoms with Gasteiger partial charge in [-0.1, -0.05) is 23.3 Å². The number of nitrogens with zero attached hydrogens (tertiary/aromatic N) is 1. The molecule has 9 heteroatoms. The van der Waals surface area contributed by atoms with Crippen molar-refractivity contribution in [2.45, 2.75) is 24.7 Å². The zero-order chi connectivity index (χ0) is 22.3. The number of rotatable bonds is 9. The molecule has 3 N–H and O–H groups in total. The van der Waals surface area contributed by atoms with Crippen LogP contribution < -0.4 is 14.2 Å². The van der Waals surface area contributed by atoms with Crippen molar-refractivity contribution in [3.63, 3.8) is 0 Å². The molecule has 170 valence electrons. The van der Waals surface area contributed by atoms with Crippen molar-refractivity contribution in [1.82, 2.24) is 4.98 Å². The molecule has 1 aliphatic rings. The quantitative estimate of drug-likeness (QED) is 0.234. The van der Waals surface area contributed by atoms with Crippen LogP contribution in [0.2, 0.25) is 0 Å². The Kier molecular flexibility index (Phi) is 8.07. The second-order valence-corrected chi connectivity index (χ2v) is 10.2. The molecule has 0 amide bonds. The molecule has 2 aromatic carbocycles. The maximum absolute atomic E-state index is 9.46. The van der Waals surface area contributed by atoms with Gasteiger partial charge in [-0.15, -0.1) is 0 Å². The van der Waals surface area contributed by atoms with Crippen molar-refractivity contribution in [3.05, 3.63) is 48.2 Å². The second kappa shape index (κ2) is 11.2. The normalized spacial score (nSPS) is 14.3. The van der Waals surface area contributed by atoms with E-state index in [1.165, 1.54) is 11.9 Å². The molecule has 32 heavy (non-hydrogen) atoms. The van der Waals surface area contributed by atoms with Crippen LogP contribution in [0.15, 0.2) is 47.4 Å². The highest BCUT2D eigenvalue weighted by atomic mass is 32.2. The molecule has 1 fully saturated rings. The minimum absolute atomic E-state index is 0.246. The summed E-state index contributed by atoms with van der Waals surface area (Å²) in [4.78, 5) is 6.86. The van der Waals surface area contributed by atoms with Crippen LogP contribution in [0.3, 0.4) is 0 Å². The number of thiazole rings is 1. The largest absolute Gasteiger partial charge is 0.508 e. The molecule has 0 unspecified atom stereocenters. The summed E-state index contributed by atoms with van der Waals surface area (Å²) in [6.07, 6.45) is 2.28. The second-order valence-electron chi connectivity index (χ2n) is 7.52. The molecule has 0 atom stereocenters. The van der Waals surface area contributed by atoms with Gasteiger partial charge in [-0.3, -0.25) is 0 Å². The molecule has 0 saturated carbocycles. The Balaban J connectivity index is 1.43. The van der Waals surface area contributed by atoms with Crippen LogP contribution in [0.4, 0.5) is 10.8 Å². The van der Waals surface area contributed by atoms with Gasteiger partial charge in [0.2, 0.25) is 0 Å². The van der Waals surface area contributed by atoms with E-state index in [4.69, 9.17) is 14.5 Å². The lowest BCUT2D eigenvalue weighted by Crippen LogP contribution is -2.17. The van der Waals surface area contributed by atoms with Crippen molar-refractivity contribution in [2.75, 3.05) is 35.5 Å². The van der Waals surface area contributed by atoms with Crippen LogP contribution in [0, 0.1) is 12.8 Å². The smallest absolute Gasteiger partial charge is 0.193 e. The van der Waals surface area contributed by atoms with E-state index in [1.807, 2.05) is 25.1 Å². The van der Waals surface area contributed by atoms with Crippen molar-refractivity contribution in [1.29, 1.82) is 0 Å². The fourth-order valence-electron chi connectivity index (χ4n) is 3.38. The fraction of sp³-hybridized carbons (Fsp3) is 0.348. The molecule has 1 aromatic heterocycles. The van der Waals surface area contributed by atoms with E-state index in [-0.39, 0.29) is 5.75 Å². The van der Waals surface area contributed by atoms with Crippen LogP contribution in [-0.4, -0.2) is 36.2 Å². The molecule has 0 radical (unpaired) electrons. The molecule has 4 rings (SSSR count). The van der Waals surface area contributed by atoms with Gasteiger partial charge in [-0.25, -0.2) is 4.98 Å². The Morgan fingerprint density at radius 3 is 2.69 bits per heavy atom. The Hall–Kier alpha value is -2.07. The minimum atomic E-state index is 0.246. The van der Waals surface area contributed by atoms with E-state index in [2.05, 4.69) is 21.6 Å².